The number of nitrogens with one attached hydrogen (secondary N) is 1. The monoisotopic (exact) mass is 365 g/mol. The molecule has 1 aromatic carbocycles. The standard InChI is InChI=1S/C20H32NOPS/c1-20(2,3)24(22)21-19(16-10-7-8-11-16)18-14-9-15-23(18)17-12-5-4-6-13-17/h4-6,12-13,16,18-19,21H,7-11,14-15H2,1-3H3/t18-,19+,23+,24-/m1/s1. The van der Waals surface area contributed by atoms with E-state index in [4.69, 9.17) is 0 Å². The Morgan fingerprint density at radius 3 is 2.38 bits per heavy atom. The van der Waals surface area contributed by atoms with Crippen molar-refractivity contribution in [3.8, 4) is 0 Å². The van der Waals surface area contributed by atoms with Gasteiger partial charge in [0.15, 0.2) is 0 Å². The zero-order valence-electron chi connectivity index (χ0n) is 15.3. The summed E-state index contributed by atoms with van der Waals surface area (Å²) >= 11 is 0. The summed E-state index contributed by atoms with van der Waals surface area (Å²) in [4.78, 5) is 0. The van der Waals surface area contributed by atoms with Gasteiger partial charge in [-0.25, -0.2) is 8.93 Å². The smallest absolute Gasteiger partial charge is 0.0973 e. The summed E-state index contributed by atoms with van der Waals surface area (Å²) in [7, 11) is -1.09. The fourth-order valence-electron chi connectivity index (χ4n) is 4.21. The Morgan fingerprint density at radius 2 is 1.75 bits per heavy atom. The Kier molecular flexibility index (Phi) is 6.16. The van der Waals surface area contributed by atoms with Gasteiger partial charge in [0, 0.05) is 6.04 Å². The third-order valence-electron chi connectivity index (χ3n) is 5.51. The first-order valence-electron chi connectivity index (χ1n) is 9.46. The van der Waals surface area contributed by atoms with Crippen molar-refractivity contribution in [2.45, 2.75) is 75.7 Å². The van der Waals surface area contributed by atoms with Gasteiger partial charge in [-0.1, -0.05) is 51.1 Å². The van der Waals surface area contributed by atoms with E-state index >= 15 is 0 Å². The fraction of sp³-hybridized carbons (Fsp3) is 0.700. The zero-order valence-corrected chi connectivity index (χ0v) is 17.0. The maximum Gasteiger partial charge on any atom is 0.0973 e. The Labute approximate surface area is 151 Å². The molecular formula is C20H32NOPS. The van der Waals surface area contributed by atoms with Crippen molar-refractivity contribution in [3.63, 3.8) is 0 Å². The molecule has 2 fully saturated rings. The molecule has 0 unspecified atom stereocenters. The van der Waals surface area contributed by atoms with E-state index < -0.39 is 11.0 Å². The summed E-state index contributed by atoms with van der Waals surface area (Å²) in [6.45, 7) is 6.24. The van der Waals surface area contributed by atoms with Gasteiger partial charge in [0.05, 0.1) is 15.7 Å². The first-order chi connectivity index (χ1) is 11.5. The van der Waals surface area contributed by atoms with Crippen molar-refractivity contribution in [1.29, 1.82) is 0 Å². The van der Waals surface area contributed by atoms with Crippen LogP contribution in [0.1, 0.15) is 59.3 Å². The van der Waals surface area contributed by atoms with Crippen LogP contribution < -0.4 is 10.0 Å². The van der Waals surface area contributed by atoms with Gasteiger partial charge < -0.3 is 0 Å². The molecule has 4 heteroatoms. The molecule has 4 atom stereocenters. The second-order valence-corrected chi connectivity index (χ2v) is 12.9. The third-order valence-corrected chi connectivity index (χ3v) is 10.2. The Balaban J connectivity index is 1.82. The molecule has 2 nitrogen and oxygen atoms in total. The lowest BCUT2D eigenvalue weighted by Crippen LogP contribution is -2.48. The van der Waals surface area contributed by atoms with Crippen LogP contribution in [0.4, 0.5) is 0 Å². The van der Waals surface area contributed by atoms with E-state index in [2.05, 4.69) is 55.8 Å². The van der Waals surface area contributed by atoms with Gasteiger partial charge in [-0.15, -0.1) is 0 Å². The maximum absolute atomic E-state index is 12.8. The van der Waals surface area contributed by atoms with Gasteiger partial charge in [-0.2, -0.15) is 0 Å². The minimum atomic E-state index is -0.970. The van der Waals surface area contributed by atoms with E-state index in [-0.39, 0.29) is 12.7 Å². The van der Waals surface area contributed by atoms with Crippen molar-refractivity contribution in [1.82, 2.24) is 4.72 Å². The van der Waals surface area contributed by atoms with Crippen molar-refractivity contribution in [2.75, 3.05) is 6.16 Å². The Hall–Kier alpha value is -0.240. The quantitative estimate of drug-likeness (QED) is 0.761. The normalized spacial score (nSPS) is 28.1. The Morgan fingerprint density at radius 1 is 1.08 bits per heavy atom. The summed E-state index contributed by atoms with van der Waals surface area (Å²) in [5.74, 6) is 0.716. The van der Waals surface area contributed by atoms with Gasteiger partial charge in [0.1, 0.15) is 0 Å². The Bertz CT molecular complexity index is 551. The highest BCUT2D eigenvalue weighted by atomic mass is 32.2. The van der Waals surface area contributed by atoms with Crippen molar-refractivity contribution in [3.05, 3.63) is 30.3 Å². The van der Waals surface area contributed by atoms with E-state index in [1.165, 1.54) is 44.7 Å². The topological polar surface area (TPSA) is 29.1 Å². The van der Waals surface area contributed by atoms with E-state index in [1.807, 2.05) is 0 Å². The molecule has 0 amide bonds. The third kappa shape index (κ3) is 4.29. The van der Waals surface area contributed by atoms with E-state index in [1.54, 1.807) is 5.30 Å². The van der Waals surface area contributed by atoms with Gasteiger partial charge in [0.2, 0.25) is 0 Å². The van der Waals surface area contributed by atoms with Crippen molar-refractivity contribution in [2.24, 2.45) is 5.92 Å². The summed E-state index contributed by atoms with van der Waals surface area (Å²) < 4.78 is 16.3. The highest BCUT2D eigenvalue weighted by Gasteiger charge is 2.40. The molecule has 1 saturated carbocycles. The molecule has 1 N–H and O–H groups in total. The first-order valence-corrected chi connectivity index (χ1v) is 12.2. The SMILES string of the molecule is CC(C)(C)[S@@](=O)N[C@@H](C1CCCC1)[C@H]1CCC[P@@]1c1ccccc1. The first kappa shape index (κ1) is 18.5. The van der Waals surface area contributed by atoms with E-state index in [0.717, 1.165) is 0 Å². The highest BCUT2D eigenvalue weighted by Crippen LogP contribution is 2.52. The van der Waals surface area contributed by atoms with E-state index in [9.17, 15) is 4.21 Å². The number of rotatable bonds is 5. The van der Waals surface area contributed by atoms with Crippen LogP contribution in [0.15, 0.2) is 30.3 Å². The lowest BCUT2D eigenvalue weighted by atomic mass is 9.94. The molecule has 0 bridgehead atoms. The average molecular weight is 366 g/mol. The second-order valence-electron chi connectivity index (χ2n) is 8.31. The highest BCUT2D eigenvalue weighted by molar-refractivity contribution is 7.84. The molecule has 24 heavy (non-hydrogen) atoms. The van der Waals surface area contributed by atoms with Crippen molar-refractivity contribution >= 4 is 24.2 Å². The van der Waals surface area contributed by atoms with E-state index in [0.29, 0.717) is 17.6 Å². The summed E-state index contributed by atoms with van der Waals surface area (Å²) in [6.07, 6.45) is 9.30. The molecule has 134 valence electrons. The molecule has 1 aliphatic carbocycles. The molecule has 1 aromatic rings. The number of hydrogen-bond acceptors (Lipinski definition) is 1. The molecule has 1 aliphatic heterocycles. The number of hydrogen-bond donors (Lipinski definition) is 1. The van der Waals surface area contributed by atoms with Gasteiger partial charge in [0.25, 0.3) is 0 Å². The summed E-state index contributed by atoms with van der Waals surface area (Å²) in [5.41, 5.74) is 0.691. The summed E-state index contributed by atoms with van der Waals surface area (Å²) in [5, 5.41) is 1.54. The fourth-order valence-corrected chi connectivity index (χ4v) is 8.52. The van der Waals surface area contributed by atoms with Crippen LogP contribution in [0.25, 0.3) is 0 Å². The van der Waals surface area contributed by atoms with Gasteiger partial charge >= 0.3 is 0 Å². The van der Waals surface area contributed by atoms with Crippen molar-refractivity contribution < 1.29 is 4.21 Å². The lowest BCUT2D eigenvalue weighted by Gasteiger charge is -2.35. The lowest BCUT2D eigenvalue weighted by molar-refractivity contribution is 0.387. The predicted molar refractivity (Wildman–Crippen MR) is 108 cm³/mol. The van der Waals surface area contributed by atoms with Crippen LogP contribution in [0, 0.1) is 5.92 Å². The minimum absolute atomic E-state index is 0.123. The predicted octanol–water partition coefficient (Wildman–Crippen LogP) is 4.57. The number of benzene rings is 1. The molecular weight excluding hydrogens is 333 g/mol. The molecule has 1 saturated heterocycles. The van der Waals surface area contributed by atoms with Gasteiger partial charge in [-0.3, -0.25) is 0 Å². The van der Waals surface area contributed by atoms with Crippen LogP contribution in [-0.4, -0.2) is 26.8 Å². The van der Waals surface area contributed by atoms with Crippen LogP contribution in [0.3, 0.4) is 0 Å². The van der Waals surface area contributed by atoms with Gasteiger partial charge in [-0.05, 0) is 69.5 Å². The molecule has 1 heterocycles. The maximum atomic E-state index is 12.8. The van der Waals surface area contributed by atoms with Crippen LogP contribution in [0.2, 0.25) is 0 Å². The average Bonchev–Trinajstić information content (AvgIpc) is 3.24. The molecule has 0 spiro atoms. The van der Waals surface area contributed by atoms with Crippen LogP contribution in [-0.2, 0) is 11.0 Å². The minimum Gasteiger partial charge on any atom is -0.242 e. The summed E-state index contributed by atoms with van der Waals surface area (Å²) in [6, 6.07) is 11.5. The van der Waals surface area contributed by atoms with Crippen LogP contribution in [0.5, 0.6) is 0 Å². The van der Waals surface area contributed by atoms with Crippen LogP contribution >= 0.6 is 7.92 Å². The molecule has 0 radical (unpaired) electrons. The zero-order chi connectivity index (χ0) is 17.2. The second kappa shape index (κ2) is 7.98. The molecule has 2 aliphatic rings. The molecule has 3 rings (SSSR count). The molecule has 0 aromatic heterocycles. The largest absolute Gasteiger partial charge is 0.242 e.